The number of rotatable bonds is 6. The van der Waals surface area contributed by atoms with E-state index in [9.17, 15) is 18.0 Å². The predicted octanol–water partition coefficient (Wildman–Crippen LogP) is 1.07. The second-order valence-electron chi connectivity index (χ2n) is 5.37. The summed E-state index contributed by atoms with van der Waals surface area (Å²) in [4.78, 5) is 25.4. The molecule has 0 saturated carbocycles. The van der Waals surface area contributed by atoms with Crippen LogP contribution in [0.25, 0.3) is 11.2 Å². The average molecular weight is 359 g/mol. The zero-order valence-electron chi connectivity index (χ0n) is 14.0. The van der Waals surface area contributed by atoms with Crippen LogP contribution >= 0.6 is 0 Å². The first-order valence-electron chi connectivity index (χ1n) is 7.37. The molecular formula is C14H18F3N6O2+. The van der Waals surface area contributed by atoms with Crippen molar-refractivity contribution in [1.82, 2.24) is 19.4 Å². The van der Waals surface area contributed by atoms with Crippen molar-refractivity contribution in [2.24, 2.45) is 4.99 Å². The number of carbonyl (C=O) groups excluding carboxylic acids is 1. The molecule has 0 aliphatic heterocycles. The van der Waals surface area contributed by atoms with Crippen molar-refractivity contribution in [3.63, 3.8) is 0 Å². The molecule has 8 nitrogen and oxygen atoms in total. The molecule has 0 radical (unpaired) electrons. The Morgan fingerprint density at radius 2 is 2.16 bits per heavy atom. The van der Waals surface area contributed by atoms with Crippen molar-refractivity contribution < 1.29 is 27.3 Å². The van der Waals surface area contributed by atoms with E-state index < -0.39 is 18.7 Å². The molecule has 0 unspecified atom stereocenters. The van der Waals surface area contributed by atoms with E-state index in [0.717, 1.165) is 10.9 Å². The lowest BCUT2D eigenvalue weighted by molar-refractivity contribution is -0.664. The van der Waals surface area contributed by atoms with Crippen LogP contribution in [0.2, 0.25) is 0 Å². The largest absolute Gasteiger partial charge is 0.464 e. The van der Waals surface area contributed by atoms with Gasteiger partial charge in [-0.25, -0.2) is 14.4 Å². The molecule has 2 heterocycles. The fourth-order valence-electron chi connectivity index (χ4n) is 2.09. The number of fused-ring (bicyclic) bond motifs is 1. The van der Waals surface area contributed by atoms with E-state index in [-0.39, 0.29) is 30.1 Å². The maximum Gasteiger partial charge on any atom is 0.406 e. The SMILES string of the molecule is CCOC(=O)C[n+]1cnc(/N=C/N(C)C)c2c1ncn2CC(F)(F)F. The Hall–Kier alpha value is -2.72. The zero-order valence-corrected chi connectivity index (χ0v) is 14.0. The molecule has 0 aromatic carbocycles. The summed E-state index contributed by atoms with van der Waals surface area (Å²) in [6.07, 6.45) is -0.664. The third-order valence-electron chi connectivity index (χ3n) is 2.99. The number of imidazole rings is 1. The molecule has 2 rings (SSSR count). The van der Waals surface area contributed by atoms with Gasteiger partial charge in [-0.2, -0.15) is 13.2 Å². The van der Waals surface area contributed by atoms with Gasteiger partial charge in [-0.3, -0.25) is 4.57 Å². The highest BCUT2D eigenvalue weighted by Crippen LogP contribution is 2.24. The number of halogens is 3. The van der Waals surface area contributed by atoms with Gasteiger partial charge in [-0.15, -0.1) is 0 Å². The number of aliphatic imine (C=N–C) groups is 1. The van der Waals surface area contributed by atoms with Crippen LogP contribution in [0.3, 0.4) is 0 Å². The Bertz CT molecular complexity index is 785. The number of aromatic nitrogens is 4. The van der Waals surface area contributed by atoms with E-state index in [4.69, 9.17) is 4.74 Å². The summed E-state index contributed by atoms with van der Waals surface area (Å²) in [5.74, 6) is -0.462. The molecule has 11 heteroatoms. The van der Waals surface area contributed by atoms with Gasteiger partial charge in [-0.1, -0.05) is 9.97 Å². The first-order valence-corrected chi connectivity index (χ1v) is 7.37. The van der Waals surface area contributed by atoms with E-state index in [1.165, 1.54) is 17.2 Å². The Labute approximate surface area is 141 Å². The van der Waals surface area contributed by atoms with Gasteiger partial charge >= 0.3 is 12.1 Å². The molecule has 0 spiro atoms. The van der Waals surface area contributed by atoms with Crippen LogP contribution in [0.4, 0.5) is 19.0 Å². The minimum atomic E-state index is -4.43. The van der Waals surface area contributed by atoms with Gasteiger partial charge < -0.3 is 9.64 Å². The van der Waals surface area contributed by atoms with Crippen LogP contribution in [0.1, 0.15) is 6.92 Å². The smallest absolute Gasteiger partial charge is 0.406 e. The van der Waals surface area contributed by atoms with Gasteiger partial charge in [0, 0.05) is 14.1 Å². The summed E-state index contributed by atoms with van der Waals surface area (Å²) >= 11 is 0. The van der Waals surface area contributed by atoms with Gasteiger partial charge in [0.2, 0.25) is 6.33 Å². The fourth-order valence-corrected chi connectivity index (χ4v) is 2.09. The molecule has 25 heavy (non-hydrogen) atoms. The van der Waals surface area contributed by atoms with Crippen molar-refractivity contribution in [2.45, 2.75) is 26.2 Å². The monoisotopic (exact) mass is 359 g/mol. The summed E-state index contributed by atoms with van der Waals surface area (Å²) in [7, 11) is 3.44. The third kappa shape index (κ3) is 4.88. The first kappa shape index (κ1) is 18.6. The van der Waals surface area contributed by atoms with E-state index >= 15 is 0 Å². The molecule has 0 bridgehead atoms. The second-order valence-corrected chi connectivity index (χ2v) is 5.37. The Balaban J connectivity index is 2.53. The molecule has 0 aliphatic carbocycles. The number of hydrogen-bond donors (Lipinski definition) is 0. The van der Waals surface area contributed by atoms with Crippen molar-refractivity contribution >= 4 is 29.3 Å². The van der Waals surface area contributed by atoms with E-state index in [2.05, 4.69) is 15.0 Å². The minimum absolute atomic E-state index is 0.0746. The molecule has 2 aromatic heterocycles. The zero-order chi connectivity index (χ0) is 18.6. The normalized spacial score (nSPS) is 12.1. The lowest BCUT2D eigenvalue weighted by Crippen LogP contribution is -2.40. The number of carbonyl (C=O) groups is 1. The molecule has 0 aliphatic rings. The minimum Gasteiger partial charge on any atom is -0.464 e. The average Bonchev–Trinajstić information content (AvgIpc) is 2.89. The van der Waals surface area contributed by atoms with Crippen molar-refractivity contribution in [3.05, 3.63) is 12.7 Å². The molecule has 2 aromatic rings. The van der Waals surface area contributed by atoms with Crippen LogP contribution in [-0.4, -0.2) is 58.6 Å². The molecule has 0 amide bonds. The Morgan fingerprint density at radius 1 is 1.44 bits per heavy atom. The highest BCUT2D eigenvalue weighted by molar-refractivity contribution is 5.81. The highest BCUT2D eigenvalue weighted by atomic mass is 19.4. The topological polar surface area (TPSA) is 76.5 Å². The summed E-state index contributed by atoms with van der Waals surface area (Å²) in [6, 6.07) is 0. The molecule has 0 atom stereocenters. The van der Waals surface area contributed by atoms with Crippen molar-refractivity contribution in [2.75, 3.05) is 20.7 Å². The molecule has 136 valence electrons. The van der Waals surface area contributed by atoms with Gasteiger partial charge in [0.15, 0.2) is 18.4 Å². The Morgan fingerprint density at radius 3 is 2.76 bits per heavy atom. The third-order valence-corrected chi connectivity index (χ3v) is 2.99. The van der Waals surface area contributed by atoms with Crippen LogP contribution in [0.15, 0.2) is 17.6 Å². The summed E-state index contributed by atoms with van der Waals surface area (Å²) in [6.45, 7) is 0.411. The van der Waals surface area contributed by atoms with Crippen LogP contribution in [0.5, 0.6) is 0 Å². The molecule has 0 saturated heterocycles. The second kappa shape index (κ2) is 7.45. The summed E-state index contributed by atoms with van der Waals surface area (Å²) in [5.41, 5.74) is 0.250. The lowest BCUT2D eigenvalue weighted by Gasteiger charge is -2.08. The molecule has 0 fully saturated rings. The fraction of sp³-hybridized carbons (Fsp3) is 0.500. The lowest BCUT2D eigenvalue weighted by atomic mass is 10.4. The maximum absolute atomic E-state index is 12.8. The van der Waals surface area contributed by atoms with E-state index in [1.54, 1.807) is 25.9 Å². The molecule has 0 N–H and O–H groups in total. The quantitative estimate of drug-likeness (QED) is 0.334. The van der Waals surface area contributed by atoms with Crippen molar-refractivity contribution in [1.29, 1.82) is 0 Å². The number of alkyl halides is 3. The molecular weight excluding hydrogens is 341 g/mol. The van der Waals surface area contributed by atoms with Crippen LogP contribution in [0, 0.1) is 0 Å². The summed E-state index contributed by atoms with van der Waals surface area (Å²) < 4.78 is 45.5. The Kier molecular flexibility index (Phi) is 5.55. The van der Waals surface area contributed by atoms with Gasteiger partial charge in [0.25, 0.3) is 11.5 Å². The summed E-state index contributed by atoms with van der Waals surface area (Å²) in [5, 5.41) is 0. The highest BCUT2D eigenvalue weighted by Gasteiger charge is 2.31. The number of ether oxygens (including phenoxy) is 1. The number of nitrogens with zero attached hydrogens (tertiary/aromatic N) is 6. The van der Waals surface area contributed by atoms with E-state index in [1.807, 2.05) is 0 Å². The van der Waals surface area contributed by atoms with Gasteiger partial charge in [0.05, 0.1) is 12.9 Å². The number of esters is 1. The predicted molar refractivity (Wildman–Crippen MR) is 82.3 cm³/mol. The van der Waals surface area contributed by atoms with E-state index in [0.29, 0.717) is 0 Å². The van der Waals surface area contributed by atoms with Gasteiger partial charge in [0.1, 0.15) is 6.54 Å². The van der Waals surface area contributed by atoms with Crippen LogP contribution in [-0.2, 0) is 22.6 Å². The van der Waals surface area contributed by atoms with Crippen molar-refractivity contribution in [3.8, 4) is 0 Å². The van der Waals surface area contributed by atoms with Crippen LogP contribution < -0.4 is 4.57 Å². The first-order chi connectivity index (χ1) is 11.7. The van der Waals surface area contributed by atoms with Gasteiger partial charge in [-0.05, 0) is 6.92 Å². The number of hydrogen-bond acceptors (Lipinski definition) is 5. The maximum atomic E-state index is 12.8. The standard InChI is InChI=1S/C14H18F3N6O2/c1-4-25-10(24)5-22-8-19-12(18-7-21(2)3)11-13(22)20-9-23(11)6-14(15,16)17/h7-9H,4-6H2,1-3H3/q+1.